The lowest BCUT2D eigenvalue weighted by Crippen LogP contribution is -2.58. The maximum absolute atomic E-state index is 15.2. The molecule has 48 heavy (non-hydrogen) atoms. The number of ether oxygens (including phenoxy) is 3. The highest BCUT2D eigenvalue weighted by Crippen LogP contribution is 2.30. The van der Waals surface area contributed by atoms with Gasteiger partial charge in [-0.2, -0.15) is 5.10 Å². The Bertz CT molecular complexity index is 1860. The SMILES string of the molecule is COc1cc2ccc1CNC(=O)COc1cccc(c1)-c1ccc(F)c(c1)C(=O)N[C@@H]1CN(C(=O)c3cc(C(F)F)nn3C)CC[C@@H]1O2. The topological polar surface area (TPSA) is 124 Å². The molecular weight excluding hydrogens is 631 g/mol. The number of amides is 3. The largest absolute Gasteiger partial charge is 0.496 e. The van der Waals surface area contributed by atoms with Crippen LogP contribution in [0.5, 0.6) is 17.2 Å². The van der Waals surface area contributed by atoms with Crippen LogP contribution in [0.2, 0.25) is 0 Å². The minimum atomic E-state index is -2.85. The van der Waals surface area contributed by atoms with Gasteiger partial charge in [0.2, 0.25) is 0 Å². The number of aromatic nitrogens is 2. The first kappa shape index (κ1) is 32.4. The predicted molar refractivity (Wildman–Crippen MR) is 167 cm³/mol. The molecule has 0 radical (unpaired) electrons. The number of aryl methyl sites for hydroxylation is 1. The monoisotopic (exact) mass is 663 g/mol. The number of alkyl halides is 2. The Morgan fingerprint density at radius 3 is 2.62 bits per heavy atom. The van der Waals surface area contributed by atoms with Gasteiger partial charge >= 0.3 is 0 Å². The summed E-state index contributed by atoms with van der Waals surface area (Å²) in [5.74, 6) is -1.20. The second-order valence-corrected chi connectivity index (χ2v) is 11.4. The number of rotatable bonds is 3. The Morgan fingerprint density at radius 2 is 1.85 bits per heavy atom. The van der Waals surface area contributed by atoms with Crippen molar-refractivity contribution in [2.24, 2.45) is 7.05 Å². The van der Waals surface area contributed by atoms with Gasteiger partial charge in [0.05, 0.1) is 18.7 Å². The fourth-order valence-electron chi connectivity index (χ4n) is 5.76. The molecule has 6 bridgehead atoms. The molecule has 0 spiro atoms. The number of halogens is 3. The van der Waals surface area contributed by atoms with Crippen molar-refractivity contribution in [3.8, 4) is 28.4 Å². The third-order valence-electron chi connectivity index (χ3n) is 8.26. The summed E-state index contributed by atoms with van der Waals surface area (Å²) in [7, 11) is 2.88. The van der Waals surface area contributed by atoms with Crippen LogP contribution in [0.3, 0.4) is 0 Å². The van der Waals surface area contributed by atoms with E-state index in [0.717, 1.165) is 10.7 Å². The van der Waals surface area contributed by atoms with Crippen LogP contribution in [0.15, 0.2) is 66.7 Å². The van der Waals surface area contributed by atoms with Crippen LogP contribution < -0.4 is 24.8 Å². The molecule has 3 aliphatic heterocycles. The van der Waals surface area contributed by atoms with Gasteiger partial charge in [0.15, 0.2) is 6.61 Å². The van der Waals surface area contributed by atoms with E-state index in [0.29, 0.717) is 33.9 Å². The number of fused-ring (bicyclic) bond motifs is 7. The molecule has 1 aromatic heterocycles. The first-order valence-electron chi connectivity index (χ1n) is 15.1. The van der Waals surface area contributed by atoms with Crippen LogP contribution >= 0.6 is 0 Å². The van der Waals surface area contributed by atoms with Gasteiger partial charge in [-0.15, -0.1) is 0 Å². The molecule has 0 unspecified atom stereocenters. The fraction of sp³-hybridized carbons (Fsp3) is 0.294. The number of carbonyl (C=O) groups excluding carboxylic acids is 3. The van der Waals surface area contributed by atoms with E-state index < -0.39 is 41.9 Å². The second-order valence-electron chi connectivity index (χ2n) is 11.4. The lowest BCUT2D eigenvalue weighted by Gasteiger charge is -2.39. The van der Waals surface area contributed by atoms with Crippen LogP contribution in [0.4, 0.5) is 13.2 Å². The number of piperidine rings is 1. The highest BCUT2D eigenvalue weighted by molar-refractivity contribution is 5.96. The van der Waals surface area contributed by atoms with Crippen molar-refractivity contribution in [1.82, 2.24) is 25.3 Å². The Hall–Kier alpha value is -5.53. The molecule has 3 aromatic carbocycles. The van der Waals surface area contributed by atoms with Crippen molar-refractivity contribution < 1.29 is 41.8 Å². The van der Waals surface area contributed by atoms with Crippen LogP contribution in [-0.2, 0) is 18.4 Å². The minimum Gasteiger partial charge on any atom is -0.496 e. The first-order chi connectivity index (χ1) is 23.1. The zero-order chi connectivity index (χ0) is 33.9. The number of hydrogen-bond donors (Lipinski definition) is 2. The molecule has 1 fully saturated rings. The maximum Gasteiger partial charge on any atom is 0.282 e. The highest BCUT2D eigenvalue weighted by Gasteiger charge is 2.36. The standard InChI is InChI=1S/C34H32F3N5O6/c1-41-28(15-26(40-41)32(36)37)34(45)42-11-10-29-27(17-42)39-33(44)24-13-20(7-9-25(24)35)19-4-3-5-22(12-19)47-18-31(43)38-16-21-6-8-23(48-29)14-30(21)46-2/h3-9,12-15,27,29,32H,10-11,16-18H2,1-2H3,(H,38,43)(H,39,44)/t27-,29+/m1/s1. The lowest BCUT2D eigenvalue weighted by atomic mass is 9.99. The van der Waals surface area contributed by atoms with E-state index >= 15 is 4.39 Å². The number of methoxy groups -OCH3 is 1. The van der Waals surface area contributed by atoms with E-state index in [-0.39, 0.29) is 49.8 Å². The average Bonchev–Trinajstić information content (AvgIpc) is 3.48. The van der Waals surface area contributed by atoms with Gasteiger partial charge in [-0.1, -0.05) is 18.2 Å². The number of nitrogens with zero attached hydrogens (tertiary/aromatic N) is 3. The van der Waals surface area contributed by atoms with Gasteiger partial charge in [0.1, 0.15) is 40.6 Å². The molecule has 2 N–H and O–H groups in total. The molecule has 14 heteroatoms. The lowest BCUT2D eigenvalue weighted by molar-refractivity contribution is -0.123. The molecular formula is C34H32F3N5O6. The van der Waals surface area contributed by atoms with Gasteiger partial charge in [-0.3, -0.25) is 19.1 Å². The number of likely N-dealkylation sites (tertiary alicyclic amines) is 1. The van der Waals surface area contributed by atoms with Gasteiger partial charge in [0, 0.05) is 44.7 Å². The highest BCUT2D eigenvalue weighted by atomic mass is 19.3. The molecule has 2 atom stereocenters. The molecule has 4 aromatic rings. The molecule has 7 rings (SSSR count). The molecule has 11 nitrogen and oxygen atoms in total. The van der Waals surface area contributed by atoms with Crippen LogP contribution in [0.25, 0.3) is 11.1 Å². The molecule has 4 heterocycles. The summed E-state index contributed by atoms with van der Waals surface area (Å²) in [5.41, 5.74) is 1.01. The van der Waals surface area contributed by atoms with E-state index in [1.165, 1.54) is 37.3 Å². The van der Waals surface area contributed by atoms with Crippen molar-refractivity contribution in [3.05, 3.63) is 95.1 Å². The summed E-state index contributed by atoms with van der Waals surface area (Å²) in [6.07, 6.45) is -3.29. The Morgan fingerprint density at radius 1 is 1.04 bits per heavy atom. The zero-order valence-corrected chi connectivity index (χ0v) is 26.0. The minimum absolute atomic E-state index is 0.0414. The van der Waals surface area contributed by atoms with Crippen LogP contribution in [-0.4, -0.2) is 71.4 Å². The number of carbonyl (C=O) groups is 3. The Labute approximate surface area is 273 Å². The molecule has 3 amide bonds. The van der Waals surface area contributed by atoms with Gasteiger partial charge in [-0.05, 0) is 53.6 Å². The maximum atomic E-state index is 15.2. The van der Waals surface area contributed by atoms with E-state index in [1.54, 1.807) is 42.5 Å². The molecule has 1 saturated heterocycles. The van der Waals surface area contributed by atoms with E-state index in [9.17, 15) is 23.2 Å². The van der Waals surface area contributed by atoms with Gasteiger partial charge in [-0.25, -0.2) is 13.2 Å². The summed E-state index contributed by atoms with van der Waals surface area (Å²) in [4.78, 5) is 41.2. The van der Waals surface area contributed by atoms with Crippen LogP contribution in [0.1, 0.15) is 45.0 Å². The number of hydrogen-bond acceptors (Lipinski definition) is 7. The summed E-state index contributed by atoms with van der Waals surface area (Å²) in [5, 5.41) is 9.40. The smallest absolute Gasteiger partial charge is 0.282 e. The quantitative estimate of drug-likeness (QED) is 0.336. The normalized spacial score (nSPS) is 18.2. The third-order valence-corrected chi connectivity index (χ3v) is 8.26. The van der Waals surface area contributed by atoms with E-state index in [1.807, 2.05) is 0 Å². The number of benzene rings is 3. The third kappa shape index (κ3) is 6.92. The van der Waals surface area contributed by atoms with Gasteiger partial charge in [0.25, 0.3) is 24.1 Å². The summed E-state index contributed by atoms with van der Waals surface area (Å²) < 4.78 is 60.5. The zero-order valence-electron chi connectivity index (χ0n) is 26.0. The van der Waals surface area contributed by atoms with Crippen molar-refractivity contribution in [1.29, 1.82) is 0 Å². The summed E-state index contributed by atoms with van der Waals surface area (Å²) in [6.45, 7) is 0.0199. The van der Waals surface area contributed by atoms with Gasteiger partial charge < -0.3 is 29.7 Å². The Balaban J connectivity index is 1.35. The fourth-order valence-corrected chi connectivity index (χ4v) is 5.76. The average molecular weight is 664 g/mol. The second kappa shape index (κ2) is 13.7. The van der Waals surface area contributed by atoms with Crippen molar-refractivity contribution >= 4 is 17.7 Å². The molecule has 0 aliphatic carbocycles. The Kier molecular flexibility index (Phi) is 9.24. The van der Waals surface area contributed by atoms with E-state index in [4.69, 9.17) is 14.2 Å². The van der Waals surface area contributed by atoms with Crippen molar-refractivity contribution in [3.63, 3.8) is 0 Å². The summed E-state index contributed by atoms with van der Waals surface area (Å²) >= 11 is 0. The predicted octanol–water partition coefficient (Wildman–Crippen LogP) is 4.27. The number of nitrogens with one attached hydrogen (secondary N) is 2. The molecule has 3 aliphatic rings. The van der Waals surface area contributed by atoms with E-state index in [2.05, 4.69) is 15.7 Å². The molecule has 250 valence electrons. The molecule has 0 saturated carbocycles. The van der Waals surface area contributed by atoms with Crippen molar-refractivity contribution in [2.75, 3.05) is 26.8 Å². The first-order valence-corrected chi connectivity index (χ1v) is 15.1. The summed E-state index contributed by atoms with van der Waals surface area (Å²) in [6, 6.07) is 16.2. The van der Waals surface area contributed by atoms with Crippen molar-refractivity contribution in [2.45, 2.75) is 31.5 Å². The van der Waals surface area contributed by atoms with Crippen LogP contribution in [0, 0.1) is 5.82 Å².